The summed E-state index contributed by atoms with van der Waals surface area (Å²) in [6, 6.07) is 0. The van der Waals surface area contributed by atoms with Crippen LogP contribution < -0.4 is 4.89 Å². The highest BCUT2D eigenvalue weighted by molar-refractivity contribution is 7.45. The predicted octanol–water partition coefficient (Wildman–Crippen LogP) is 15.1. The Morgan fingerprint density at radius 1 is 0.492 bits per heavy atom. The van der Waals surface area contributed by atoms with Gasteiger partial charge in [0.1, 0.15) is 19.8 Å². The number of carbonyl (C=O) groups excluding carboxylic acids is 2. The third-order valence-electron chi connectivity index (χ3n) is 11.0. The normalized spacial score (nSPS) is 14.0. The molecule has 0 aromatic heterocycles. The molecule has 2 atom stereocenters. The Kier molecular flexibility index (Phi) is 44.7. The van der Waals surface area contributed by atoms with Crippen LogP contribution in [0.2, 0.25) is 0 Å². The van der Waals surface area contributed by atoms with Crippen LogP contribution in [0.15, 0.2) is 72.9 Å². The molecule has 0 aliphatic rings. The van der Waals surface area contributed by atoms with E-state index in [1.54, 1.807) is 0 Å². The molecule has 0 saturated heterocycles. The number of nitrogens with zero attached hydrogens (tertiary/aromatic N) is 1. The number of allylic oxidation sites excluding steroid dienone is 12. The monoisotopic (exact) mass is 932 g/mol. The van der Waals surface area contributed by atoms with E-state index in [9.17, 15) is 19.0 Å². The lowest BCUT2D eigenvalue weighted by molar-refractivity contribution is -0.870. The van der Waals surface area contributed by atoms with Gasteiger partial charge in [0, 0.05) is 12.8 Å². The van der Waals surface area contributed by atoms with Crippen LogP contribution in [0.4, 0.5) is 0 Å². The molecule has 0 heterocycles. The van der Waals surface area contributed by atoms with Crippen molar-refractivity contribution in [2.24, 2.45) is 0 Å². The summed E-state index contributed by atoms with van der Waals surface area (Å²) < 4.78 is 34.0. The number of rotatable bonds is 47. The first kappa shape index (κ1) is 62.4. The zero-order chi connectivity index (χ0) is 47.8. The first-order valence-electron chi connectivity index (χ1n) is 26.1. The van der Waals surface area contributed by atoms with Gasteiger partial charge in [-0.25, -0.2) is 0 Å². The zero-order valence-corrected chi connectivity index (χ0v) is 43.3. The van der Waals surface area contributed by atoms with E-state index in [1.807, 2.05) is 21.1 Å². The first-order chi connectivity index (χ1) is 31.5. The molecule has 10 heteroatoms. The summed E-state index contributed by atoms with van der Waals surface area (Å²) in [5.41, 5.74) is 0. The van der Waals surface area contributed by atoms with Crippen molar-refractivity contribution in [1.29, 1.82) is 0 Å². The van der Waals surface area contributed by atoms with Gasteiger partial charge in [0.15, 0.2) is 6.10 Å². The van der Waals surface area contributed by atoms with E-state index in [2.05, 4.69) is 86.8 Å². The Hall–Kier alpha value is -2.55. The van der Waals surface area contributed by atoms with E-state index in [0.29, 0.717) is 17.4 Å². The maximum absolute atomic E-state index is 12.7. The number of hydrogen-bond donors (Lipinski definition) is 0. The third-order valence-corrected chi connectivity index (χ3v) is 12.0. The molecule has 0 amide bonds. The molecule has 0 saturated carbocycles. The quantitative estimate of drug-likeness (QED) is 0.0195. The van der Waals surface area contributed by atoms with Gasteiger partial charge in [-0.2, -0.15) is 0 Å². The largest absolute Gasteiger partial charge is 0.756 e. The van der Waals surface area contributed by atoms with Gasteiger partial charge in [0.2, 0.25) is 0 Å². The molecular formula is C55H98NO8P. The lowest BCUT2D eigenvalue weighted by atomic mass is 10.0. The molecule has 0 aliphatic heterocycles. The second-order valence-electron chi connectivity index (χ2n) is 18.5. The number of phosphoric ester groups is 1. The molecule has 0 aromatic rings. The average molecular weight is 932 g/mol. The minimum absolute atomic E-state index is 0.0417. The molecule has 0 radical (unpaired) electrons. The van der Waals surface area contributed by atoms with Gasteiger partial charge in [0.05, 0.1) is 27.7 Å². The maximum atomic E-state index is 12.7. The number of carbonyl (C=O) groups is 2. The second-order valence-corrected chi connectivity index (χ2v) is 19.9. The molecule has 376 valence electrons. The molecule has 9 nitrogen and oxygen atoms in total. The summed E-state index contributed by atoms with van der Waals surface area (Å²) in [6.07, 6.45) is 59.4. The maximum Gasteiger partial charge on any atom is 0.306 e. The first-order valence-corrected chi connectivity index (χ1v) is 27.6. The number of ether oxygens (including phenoxy) is 2. The molecule has 0 spiro atoms. The average Bonchev–Trinajstić information content (AvgIpc) is 3.26. The Balaban J connectivity index is 4.32. The van der Waals surface area contributed by atoms with Crippen LogP contribution in [0, 0.1) is 0 Å². The van der Waals surface area contributed by atoms with E-state index >= 15 is 0 Å². The fourth-order valence-corrected chi connectivity index (χ4v) is 7.68. The fraction of sp³-hybridized carbons (Fsp3) is 0.745. The van der Waals surface area contributed by atoms with Gasteiger partial charge >= 0.3 is 11.9 Å². The Morgan fingerprint density at radius 2 is 0.877 bits per heavy atom. The van der Waals surface area contributed by atoms with E-state index in [-0.39, 0.29) is 26.1 Å². The highest BCUT2D eigenvalue weighted by Crippen LogP contribution is 2.38. The van der Waals surface area contributed by atoms with Crippen molar-refractivity contribution >= 4 is 19.8 Å². The molecule has 0 aliphatic carbocycles. The van der Waals surface area contributed by atoms with Crippen molar-refractivity contribution in [1.82, 2.24) is 0 Å². The Labute approximate surface area is 399 Å². The van der Waals surface area contributed by atoms with Gasteiger partial charge in [-0.3, -0.25) is 14.2 Å². The molecule has 0 bridgehead atoms. The number of esters is 2. The smallest absolute Gasteiger partial charge is 0.306 e. The van der Waals surface area contributed by atoms with Crippen LogP contribution >= 0.6 is 7.82 Å². The molecule has 2 unspecified atom stereocenters. The van der Waals surface area contributed by atoms with Gasteiger partial charge in [0.25, 0.3) is 7.82 Å². The second kappa shape index (κ2) is 46.6. The van der Waals surface area contributed by atoms with Gasteiger partial charge in [-0.1, -0.05) is 209 Å². The summed E-state index contributed by atoms with van der Waals surface area (Å²) in [5.74, 6) is -0.882. The summed E-state index contributed by atoms with van der Waals surface area (Å²) in [5, 5.41) is 0. The molecule has 65 heavy (non-hydrogen) atoms. The van der Waals surface area contributed by atoms with Crippen LogP contribution in [0.25, 0.3) is 0 Å². The van der Waals surface area contributed by atoms with Crippen LogP contribution in [-0.2, 0) is 32.7 Å². The Bertz CT molecular complexity index is 1330. The molecule has 0 N–H and O–H groups in total. The number of unbranched alkanes of at least 4 members (excludes halogenated alkanes) is 21. The summed E-state index contributed by atoms with van der Waals surface area (Å²) >= 11 is 0. The van der Waals surface area contributed by atoms with Crippen molar-refractivity contribution in [3.63, 3.8) is 0 Å². The molecule has 0 rings (SSSR count). The minimum Gasteiger partial charge on any atom is -0.756 e. The van der Waals surface area contributed by atoms with E-state index in [0.717, 1.165) is 70.6 Å². The topological polar surface area (TPSA) is 111 Å². The van der Waals surface area contributed by atoms with E-state index < -0.39 is 32.5 Å². The number of hydrogen-bond acceptors (Lipinski definition) is 8. The van der Waals surface area contributed by atoms with Crippen molar-refractivity contribution in [2.45, 2.75) is 219 Å². The van der Waals surface area contributed by atoms with Crippen LogP contribution in [0.5, 0.6) is 0 Å². The van der Waals surface area contributed by atoms with Gasteiger partial charge < -0.3 is 27.9 Å². The van der Waals surface area contributed by atoms with Crippen molar-refractivity contribution in [2.75, 3.05) is 47.5 Å². The van der Waals surface area contributed by atoms with Gasteiger partial charge in [-0.05, 0) is 64.2 Å². The minimum atomic E-state index is -4.65. The number of quaternary nitrogens is 1. The number of likely N-dealkylation sites (N-methyl/N-ethyl adjacent to an activating group) is 1. The highest BCUT2D eigenvalue weighted by Gasteiger charge is 2.21. The van der Waals surface area contributed by atoms with Gasteiger partial charge in [-0.15, -0.1) is 0 Å². The predicted molar refractivity (Wildman–Crippen MR) is 273 cm³/mol. The van der Waals surface area contributed by atoms with E-state index in [1.165, 1.54) is 109 Å². The molecular weight excluding hydrogens is 834 g/mol. The molecule has 0 fully saturated rings. The SMILES string of the molecule is CC/C=C\C/C=C\C/C=C\C/C=C\C/C=C\C/C=C\CCCCC(=O)OC(COC(=O)CCCCCCCCCCCCCCCCCCCCCC)COP(=O)([O-])OCC[N+](C)(C)C. The van der Waals surface area contributed by atoms with Crippen LogP contribution in [0.3, 0.4) is 0 Å². The van der Waals surface area contributed by atoms with E-state index in [4.69, 9.17) is 18.5 Å². The molecule has 0 aromatic carbocycles. The summed E-state index contributed by atoms with van der Waals surface area (Å²) in [4.78, 5) is 37.7. The lowest BCUT2D eigenvalue weighted by Crippen LogP contribution is -2.37. The van der Waals surface area contributed by atoms with Crippen molar-refractivity contribution < 1.29 is 42.1 Å². The lowest BCUT2D eigenvalue weighted by Gasteiger charge is -2.28. The Morgan fingerprint density at radius 3 is 1.31 bits per heavy atom. The summed E-state index contributed by atoms with van der Waals surface area (Å²) in [7, 11) is 1.13. The van der Waals surface area contributed by atoms with Crippen LogP contribution in [-0.4, -0.2) is 70.0 Å². The highest BCUT2D eigenvalue weighted by atomic mass is 31.2. The zero-order valence-electron chi connectivity index (χ0n) is 42.4. The fourth-order valence-electron chi connectivity index (χ4n) is 6.95. The van der Waals surface area contributed by atoms with Crippen molar-refractivity contribution in [3.05, 3.63) is 72.9 Å². The number of phosphoric acid groups is 1. The van der Waals surface area contributed by atoms with Crippen molar-refractivity contribution in [3.8, 4) is 0 Å². The summed E-state index contributed by atoms with van der Waals surface area (Å²) in [6.45, 7) is 4.08. The van der Waals surface area contributed by atoms with Crippen LogP contribution in [0.1, 0.15) is 213 Å². The standard InChI is InChI=1S/C55H98NO8P/c1-6-8-10-12-14-16-18-20-22-24-26-28-30-32-34-36-38-40-42-44-46-48-55(58)64-53(52-63-65(59,60)62-50-49-56(3,4)5)51-61-54(57)47-45-43-41-39-37-35-33-31-29-27-25-23-21-19-17-15-13-11-9-7-2/h8,10,14,16,20,22,26,28,32,34,38,40,53H,6-7,9,11-13,15,17-19,21,23-25,27,29-31,33,35-37,39,41-52H2,1-5H3/b10-8-,16-14-,22-20-,28-26-,34-32-,40-38-. The third kappa shape index (κ3) is 50.7.